The molecule has 2 amide bonds. The van der Waals surface area contributed by atoms with E-state index in [1.165, 1.54) is 0 Å². The molecule has 2 saturated heterocycles. The number of likely N-dealkylation sites (tertiary alicyclic amines) is 1. The van der Waals surface area contributed by atoms with Crippen LogP contribution in [0.4, 0.5) is 18.0 Å². The number of piperidine rings is 1. The molecule has 2 unspecified atom stereocenters. The number of carbonyl (C=O) groups excluding carboxylic acids is 2. The molecule has 4 rings (SSSR count). The van der Waals surface area contributed by atoms with Gasteiger partial charge in [-0.2, -0.15) is 0 Å². The van der Waals surface area contributed by atoms with Gasteiger partial charge in [0.25, 0.3) is 0 Å². The lowest BCUT2D eigenvalue weighted by Crippen LogP contribution is -2.49. The fraction of sp³-hybridized carbons (Fsp3) is 0.333. The molecule has 2 fully saturated rings. The zero-order valence-corrected chi connectivity index (χ0v) is 17.5. The summed E-state index contributed by atoms with van der Waals surface area (Å²) in [5, 5.41) is 0. The van der Waals surface area contributed by atoms with Gasteiger partial charge in [0.15, 0.2) is 17.5 Å². The van der Waals surface area contributed by atoms with Crippen molar-refractivity contribution in [1.82, 2.24) is 9.80 Å². The maximum atomic E-state index is 13.8. The first-order valence-electron chi connectivity index (χ1n) is 10.5. The maximum Gasteiger partial charge on any atom is 0.411 e. The van der Waals surface area contributed by atoms with E-state index in [0.29, 0.717) is 25.9 Å². The summed E-state index contributed by atoms with van der Waals surface area (Å²) in [6.07, 6.45) is 2.76. The zero-order chi connectivity index (χ0) is 22.8. The highest BCUT2D eigenvalue weighted by atomic mass is 19.2. The van der Waals surface area contributed by atoms with Gasteiger partial charge in [-0.15, -0.1) is 0 Å². The van der Waals surface area contributed by atoms with Crippen LogP contribution in [-0.2, 0) is 9.53 Å². The lowest BCUT2D eigenvalue weighted by molar-refractivity contribution is -0.127. The maximum absolute atomic E-state index is 13.8. The number of hydrogen-bond acceptors (Lipinski definition) is 3. The Morgan fingerprint density at radius 3 is 2.41 bits per heavy atom. The molecule has 0 bridgehead atoms. The Bertz CT molecular complexity index is 1040. The van der Waals surface area contributed by atoms with E-state index < -0.39 is 17.5 Å². The number of nitrogens with zero attached hydrogens (tertiary/aromatic N) is 2. The minimum atomic E-state index is -1.57. The van der Waals surface area contributed by atoms with E-state index in [1.807, 2.05) is 37.3 Å². The second-order valence-corrected chi connectivity index (χ2v) is 8.02. The van der Waals surface area contributed by atoms with Crippen LogP contribution in [0.2, 0.25) is 0 Å². The third-order valence-corrected chi connectivity index (χ3v) is 6.08. The molecule has 0 aliphatic carbocycles. The molecule has 2 atom stereocenters. The molecular weight excluding hydrogens is 421 g/mol. The van der Waals surface area contributed by atoms with Crippen LogP contribution < -0.4 is 0 Å². The molecule has 2 aliphatic heterocycles. The summed E-state index contributed by atoms with van der Waals surface area (Å²) >= 11 is 0. The van der Waals surface area contributed by atoms with Crippen molar-refractivity contribution in [2.45, 2.75) is 38.0 Å². The van der Waals surface area contributed by atoms with Crippen LogP contribution in [0.25, 0.3) is 6.08 Å². The van der Waals surface area contributed by atoms with Gasteiger partial charge in [0, 0.05) is 30.8 Å². The number of cyclic esters (lactones) is 1. The number of carbonyl (C=O) groups is 2. The Kier molecular flexibility index (Phi) is 6.21. The summed E-state index contributed by atoms with van der Waals surface area (Å²) in [5.74, 6) is -4.54. The van der Waals surface area contributed by atoms with Crippen molar-refractivity contribution in [3.63, 3.8) is 0 Å². The van der Waals surface area contributed by atoms with E-state index in [4.69, 9.17) is 4.74 Å². The van der Waals surface area contributed by atoms with Crippen LogP contribution in [0.5, 0.6) is 0 Å². The van der Waals surface area contributed by atoms with E-state index in [0.717, 1.165) is 29.8 Å². The van der Waals surface area contributed by atoms with Gasteiger partial charge in [-0.1, -0.05) is 30.3 Å². The molecule has 2 aromatic carbocycles. The van der Waals surface area contributed by atoms with Gasteiger partial charge in [-0.3, -0.25) is 9.69 Å². The standard InChI is InChI=1S/C24H23F3N2O3/c1-15-23(17-5-3-2-4-6-17)32-24(31)29(15)18-11-13-28(14-12-18)20(30)10-8-16-7-9-19(25)22(27)21(16)26/h2-10,15,18,23H,11-14H2,1H3. The van der Waals surface area contributed by atoms with Crippen molar-refractivity contribution in [2.75, 3.05) is 13.1 Å². The molecule has 168 valence electrons. The Hall–Kier alpha value is -3.29. The molecule has 0 aromatic heterocycles. The molecule has 0 saturated carbocycles. The van der Waals surface area contributed by atoms with Crippen molar-refractivity contribution < 1.29 is 27.5 Å². The molecule has 2 heterocycles. The molecule has 0 N–H and O–H groups in total. The Labute approximate surface area is 184 Å². The number of halogens is 3. The number of hydrogen-bond donors (Lipinski definition) is 0. The first kappa shape index (κ1) is 21.9. The van der Waals surface area contributed by atoms with Crippen molar-refractivity contribution in [1.29, 1.82) is 0 Å². The van der Waals surface area contributed by atoms with Crippen molar-refractivity contribution >= 4 is 18.1 Å². The Morgan fingerprint density at radius 2 is 1.72 bits per heavy atom. The van der Waals surface area contributed by atoms with E-state index >= 15 is 0 Å². The topological polar surface area (TPSA) is 49.9 Å². The fourth-order valence-corrected chi connectivity index (χ4v) is 4.35. The predicted molar refractivity (Wildman–Crippen MR) is 112 cm³/mol. The summed E-state index contributed by atoms with van der Waals surface area (Å²) in [6, 6.07) is 11.3. The summed E-state index contributed by atoms with van der Waals surface area (Å²) in [5.41, 5.74) is 0.741. The van der Waals surface area contributed by atoms with Crippen LogP contribution in [0.1, 0.15) is 37.0 Å². The fourth-order valence-electron chi connectivity index (χ4n) is 4.35. The van der Waals surface area contributed by atoms with Gasteiger partial charge in [0.05, 0.1) is 6.04 Å². The summed E-state index contributed by atoms with van der Waals surface area (Å²) in [6.45, 7) is 2.79. The monoisotopic (exact) mass is 444 g/mol. The molecule has 5 nitrogen and oxygen atoms in total. The minimum absolute atomic E-state index is 0.0529. The smallest absolute Gasteiger partial charge is 0.411 e. The van der Waals surface area contributed by atoms with Gasteiger partial charge in [0.1, 0.15) is 6.10 Å². The summed E-state index contributed by atoms with van der Waals surface area (Å²) < 4.78 is 45.8. The van der Waals surface area contributed by atoms with Gasteiger partial charge in [0.2, 0.25) is 5.91 Å². The summed E-state index contributed by atoms with van der Waals surface area (Å²) in [7, 11) is 0. The highest BCUT2D eigenvalue weighted by Gasteiger charge is 2.44. The van der Waals surface area contributed by atoms with Crippen molar-refractivity contribution in [3.8, 4) is 0 Å². The number of benzene rings is 2. The third kappa shape index (κ3) is 4.22. The largest absolute Gasteiger partial charge is 0.439 e. The quantitative estimate of drug-likeness (QED) is 0.508. The lowest BCUT2D eigenvalue weighted by atomic mass is 9.98. The van der Waals surface area contributed by atoms with E-state index in [2.05, 4.69) is 0 Å². The van der Waals surface area contributed by atoms with E-state index in [9.17, 15) is 22.8 Å². The lowest BCUT2D eigenvalue weighted by Gasteiger charge is -2.37. The van der Waals surface area contributed by atoms with Gasteiger partial charge < -0.3 is 9.64 Å². The van der Waals surface area contributed by atoms with Crippen LogP contribution in [0, 0.1) is 17.5 Å². The van der Waals surface area contributed by atoms with Crippen LogP contribution >= 0.6 is 0 Å². The average molecular weight is 444 g/mol. The van der Waals surface area contributed by atoms with Crippen molar-refractivity contribution in [3.05, 3.63) is 77.1 Å². The van der Waals surface area contributed by atoms with E-state index in [1.54, 1.807) is 9.80 Å². The predicted octanol–water partition coefficient (Wildman–Crippen LogP) is 4.69. The molecule has 0 radical (unpaired) electrons. The SMILES string of the molecule is CC1C(c2ccccc2)OC(=O)N1C1CCN(C(=O)C=Cc2ccc(F)c(F)c2F)CC1. The second-order valence-electron chi connectivity index (χ2n) is 8.02. The van der Waals surface area contributed by atoms with E-state index in [-0.39, 0.29) is 35.8 Å². The number of rotatable bonds is 4. The molecule has 2 aliphatic rings. The Morgan fingerprint density at radius 1 is 1.03 bits per heavy atom. The third-order valence-electron chi connectivity index (χ3n) is 6.08. The molecule has 8 heteroatoms. The first-order chi connectivity index (χ1) is 15.4. The summed E-state index contributed by atoms with van der Waals surface area (Å²) in [4.78, 5) is 28.4. The van der Waals surface area contributed by atoms with Crippen LogP contribution in [0.3, 0.4) is 0 Å². The minimum Gasteiger partial charge on any atom is -0.439 e. The number of amides is 2. The molecular formula is C24H23F3N2O3. The molecule has 0 spiro atoms. The highest BCUT2D eigenvalue weighted by Crippen LogP contribution is 2.35. The van der Waals surface area contributed by atoms with Crippen LogP contribution in [0.15, 0.2) is 48.5 Å². The average Bonchev–Trinajstić information content (AvgIpc) is 3.11. The van der Waals surface area contributed by atoms with Gasteiger partial charge in [-0.05, 0) is 43.5 Å². The highest BCUT2D eigenvalue weighted by molar-refractivity contribution is 5.91. The van der Waals surface area contributed by atoms with Gasteiger partial charge in [-0.25, -0.2) is 18.0 Å². The first-order valence-corrected chi connectivity index (χ1v) is 10.5. The zero-order valence-electron chi connectivity index (χ0n) is 17.5. The molecule has 2 aromatic rings. The normalized spacial score (nSPS) is 21.9. The van der Waals surface area contributed by atoms with Crippen molar-refractivity contribution in [2.24, 2.45) is 0 Å². The molecule has 32 heavy (non-hydrogen) atoms. The van der Waals surface area contributed by atoms with Crippen LogP contribution in [-0.4, -0.2) is 47.0 Å². The van der Waals surface area contributed by atoms with Gasteiger partial charge >= 0.3 is 6.09 Å². The second kappa shape index (κ2) is 9.06. The number of ether oxygens (including phenoxy) is 1. The Balaban J connectivity index is 1.36.